The van der Waals surface area contributed by atoms with E-state index < -0.39 is 0 Å². The van der Waals surface area contributed by atoms with Crippen molar-refractivity contribution in [2.45, 2.75) is 19.3 Å². The zero-order valence-electron chi connectivity index (χ0n) is 14.6. The number of aryl methyl sites for hydroxylation is 1. The number of nitrogens with one attached hydrogen (secondary N) is 1. The Balaban J connectivity index is 1.71. The molecule has 0 radical (unpaired) electrons. The average molecular weight is 348 g/mol. The van der Waals surface area contributed by atoms with Crippen molar-refractivity contribution >= 4 is 16.9 Å². The molecule has 26 heavy (non-hydrogen) atoms. The number of aromatic hydroxyl groups is 1. The highest BCUT2D eigenvalue weighted by atomic mass is 16.3. The molecule has 1 aromatic carbocycles. The van der Waals surface area contributed by atoms with Crippen LogP contribution in [0.3, 0.4) is 0 Å². The lowest BCUT2D eigenvalue weighted by Gasteiger charge is -2.14. The fourth-order valence-electron chi connectivity index (χ4n) is 3.69. The van der Waals surface area contributed by atoms with Crippen molar-refractivity contribution in [2.75, 3.05) is 13.1 Å². The molecule has 0 saturated carbocycles. The van der Waals surface area contributed by atoms with Gasteiger partial charge in [0.15, 0.2) is 5.65 Å². The van der Waals surface area contributed by atoms with Crippen LogP contribution >= 0.6 is 0 Å². The SMILES string of the molecule is C=CC(=O)N1CC[C@@H](c2[nH]c3nnc(-c4ccccc4O)cc3c2C)C1. The van der Waals surface area contributed by atoms with E-state index in [-0.39, 0.29) is 17.6 Å². The van der Waals surface area contributed by atoms with Crippen molar-refractivity contribution < 1.29 is 9.90 Å². The van der Waals surface area contributed by atoms with Crippen LogP contribution in [0.15, 0.2) is 43.0 Å². The molecule has 0 bridgehead atoms. The summed E-state index contributed by atoms with van der Waals surface area (Å²) >= 11 is 0. The second-order valence-corrected chi connectivity index (χ2v) is 6.65. The first-order chi connectivity index (χ1) is 12.6. The number of rotatable bonds is 3. The number of nitrogens with zero attached hydrogens (tertiary/aromatic N) is 3. The van der Waals surface area contributed by atoms with Gasteiger partial charge in [-0.2, -0.15) is 0 Å². The van der Waals surface area contributed by atoms with Crippen LogP contribution in [0.5, 0.6) is 5.75 Å². The van der Waals surface area contributed by atoms with E-state index in [1.165, 1.54) is 6.08 Å². The molecule has 4 rings (SSSR count). The number of phenolic OH excluding ortho intramolecular Hbond substituents is 1. The van der Waals surface area contributed by atoms with Crippen molar-refractivity contribution in [3.05, 3.63) is 54.2 Å². The number of benzene rings is 1. The number of fused-ring (bicyclic) bond motifs is 1. The quantitative estimate of drug-likeness (QED) is 0.713. The minimum absolute atomic E-state index is 0.0251. The molecule has 6 heteroatoms. The molecule has 2 N–H and O–H groups in total. The summed E-state index contributed by atoms with van der Waals surface area (Å²) in [5, 5.41) is 19.6. The molecule has 132 valence electrons. The lowest BCUT2D eigenvalue weighted by atomic mass is 10.0. The molecule has 1 atom stereocenters. The lowest BCUT2D eigenvalue weighted by molar-refractivity contribution is -0.125. The minimum atomic E-state index is -0.0251. The number of hydrogen-bond acceptors (Lipinski definition) is 4. The van der Waals surface area contributed by atoms with Gasteiger partial charge in [-0.1, -0.05) is 18.7 Å². The van der Waals surface area contributed by atoms with Crippen LogP contribution in [0.25, 0.3) is 22.3 Å². The summed E-state index contributed by atoms with van der Waals surface area (Å²) < 4.78 is 0. The highest BCUT2D eigenvalue weighted by Gasteiger charge is 2.29. The average Bonchev–Trinajstić information content (AvgIpc) is 3.26. The molecule has 1 fully saturated rings. The summed E-state index contributed by atoms with van der Waals surface area (Å²) in [5.41, 5.74) is 4.24. The largest absolute Gasteiger partial charge is 0.507 e. The third-order valence-electron chi connectivity index (χ3n) is 5.12. The van der Waals surface area contributed by atoms with Gasteiger partial charge >= 0.3 is 0 Å². The zero-order chi connectivity index (χ0) is 18.3. The van der Waals surface area contributed by atoms with Crippen molar-refractivity contribution in [1.29, 1.82) is 0 Å². The number of likely N-dealkylation sites (tertiary alicyclic amines) is 1. The zero-order valence-corrected chi connectivity index (χ0v) is 14.6. The molecule has 1 saturated heterocycles. The predicted molar refractivity (Wildman–Crippen MR) is 99.9 cm³/mol. The van der Waals surface area contributed by atoms with E-state index in [1.54, 1.807) is 12.1 Å². The maximum Gasteiger partial charge on any atom is 0.245 e. The topological polar surface area (TPSA) is 82.1 Å². The van der Waals surface area contributed by atoms with Crippen LogP contribution in [0.2, 0.25) is 0 Å². The Bertz CT molecular complexity index is 1010. The minimum Gasteiger partial charge on any atom is -0.507 e. The number of phenols is 1. The maximum absolute atomic E-state index is 11.8. The molecule has 1 aliphatic rings. The Morgan fingerprint density at radius 2 is 2.19 bits per heavy atom. The summed E-state index contributed by atoms with van der Waals surface area (Å²) in [6.07, 6.45) is 2.28. The number of para-hydroxylation sites is 1. The predicted octanol–water partition coefficient (Wildman–Crippen LogP) is 3.14. The number of carbonyl (C=O) groups excluding carboxylic acids is 1. The van der Waals surface area contributed by atoms with Gasteiger partial charge in [0.05, 0.1) is 5.69 Å². The first kappa shape index (κ1) is 16.3. The van der Waals surface area contributed by atoms with Gasteiger partial charge < -0.3 is 15.0 Å². The molecule has 6 nitrogen and oxygen atoms in total. The third-order valence-corrected chi connectivity index (χ3v) is 5.12. The van der Waals surface area contributed by atoms with Crippen molar-refractivity contribution in [3.63, 3.8) is 0 Å². The van der Waals surface area contributed by atoms with Crippen LogP contribution in [0.4, 0.5) is 0 Å². The van der Waals surface area contributed by atoms with Gasteiger partial charge in [-0.25, -0.2) is 0 Å². The highest BCUT2D eigenvalue weighted by Crippen LogP contribution is 2.34. The second-order valence-electron chi connectivity index (χ2n) is 6.65. The smallest absolute Gasteiger partial charge is 0.245 e. The summed E-state index contributed by atoms with van der Waals surface area (Å²) in [6, 6.07) is 9.05. The van der Waals surface area contributed by atoms with Crippen molar-refractivity contribution in [3.8, 4) is 17.0 Å². The van der Waals surface area contributed by atoms with E-state index in [1.807, 2.05) is 23.1 Å². The third kappa shape index (κ3) is 2.63. The second kappa shape index (κ2) is 6.29. The number of H-pyrrole nitrogens is 1. The van der Waals surface area contributed by atoms with Crippen LogP contribution in [0, 0.1) is 6.92 Å². The fourth-order valence-corrected chi connectivity index (χ4v) is 3.69. The Hall–Kier alpha value is -3.15. The first-order valence-corrected chi connectivity index (χ1v) is 8.64. The molecule has 2 aromatic heterocycles. The number of amides is 1. The summed E-state index contributed by atoms with van der Waals surface area (Å²) in [5.74, 6) is 0.411. The van der Waals surface area contributed by atoms with Gasteiger partial charge in [0.1, 0.15) is 5.75 Å². The monoisotopic (exact) mass is 348 g/mol. The van der Waals surface area contributed by atoms with Gasteiger partial charge in [-0.15, -0.1) is 10.2 Å². The van der Waals surface area contributed by atoms with Crippen LogP contribution in [-0.2, 0) is 4.79 Å². The van der Waals surface area contributed by atoms with Crippen molar-refractivity contribution in [1.82, 2.24) is 20.1 Å². The van der Waals surface area contributed by atoms with Crippen LogP contribution in [0.1, 0.15) is 23.6 Å². The molecule has 0 spiro atoms. The number of carbonyl (C=O) groups is 1. The number of aromatic amines is 1. The number of aromatic nitrogens is 3. The van der Waals surface area contributed by atoms with E-state index in [4.69, 9.17) is 0 Å². The molecule has 3 aromatic rings. The maximum atomic E-state index is 11.8. The van der Waals surface area contributed by atoms with E-state index in [9.17, 15) is 9.90 Å². The molecular formula is C20H20N4O2. The Morgan fingerprint density at radius 1 is 1.38 bits per heavy atom. The van der Waals surface area contributed by atoms with Gasteiger partial charge in [0, 0.05) is 35.7 Å². The molecular weight excluding hydrogens is 328 g/mol. The van der Waals surface area contributed by atoms with E-state index in [0.29, 0.717) is 17.8 Å². The van der Waals surface area contributed by atoms with Gasteiger partial charge in [-0.3, -0.25) is 4.79 Å². The summed E-state index contributed by atoms with van der Waals surface area (Å²) in [4.78, 5) is 17.0. The summed E-state index contributed by atoms with van der Waals surface area (Å²) in [6.45, 7) is 7.04. The van der Waals surface area contributed by atoms with Crippen LogP contribution in [-0.4, -0.2) is 44.2 Å². The van der Waals surface area contributed by atoms with E-state index in [2.05, 4.69) is 28.7 Å². The molecule has 0 aliphatic carbocycles. The lowest BCUT2D eigenvalue weighted by Crippen LogP contribution is -2.26. The highest BCUT2D eigenvalue weighted by molar-refractivity contribution is 5.88. The molecule has 0 unspecified atom stereocenters. The molecule has 1 amide bonds. The van der Waals surface area contributed by atoms with Crippen molar-refractivity contribution in [2.24, 2.45) is 0 Å². The molecule has 3 heterocycles. The van der Waals surface area contributed by atoms with E-state index in [0.717, 1.165) is 35.3 Å². The van der Waals surface area contributed by atoms with Gasteiger partial charge in [0.2, 0.25) is 5.91 Å². The normalized spacial score (nSPS) is 17.0. The standard InChI is InChI=1S/C20H20N4O2/c1-3-18(26)24-9-8-13(11-24)19-12(2)15-10-16(22-23-20(15)21-19)14-6-4-5-7-17(14)25/h3-7,10,13,25H,1,8-9,11H2,2H3,(H,21,23)/t13-/m1/s1. The van der Waals surface area contributed by atoms with E-state index >= 15 is 0 Å². The van der Waals surface area contributed by atoms with Gasteiger partial charge in [0.25, 0.3) is 0 Å². The fraction of sp³-hybridized carbons (Fsp3) is 0.250. The molecule has 1 aliphatic heterocycles. The Kier molecular flexibility index (Phi) is 3.95. The van der Waals surface area contributed by atoms with Gasteiger partial charge in [-0.05, 0) is 43.2 Å². The van der Waals surface area contributed by atoms with Crippen LogP contribution < -0.4 is 0 Å². The first-order valence-electron chi connectivity index (χ1n) is 8.64. The summed E-state index contributed by atoms with van der Waals surface area (Å²) in [7, 11) is 0. The Labute approximate surface area is 151 Å². The Morgan fingerprint density at radius 3 is 2.96 bits per heavy atom. The number of hydrogen-bond donors (Lipinski definition) is 2.